The zero-order valence-corrected chi connectivity index (χ0v) is 11.6. The van der Waals surface area contributed by atoms with Gasteiger partial charge in [0.1, 0.15) is 0 Å². The van der Waals surface area contributed by atoms with Crippen LogP contribution in [0.15, 0.2) is 6.20 Å². The van der Waals surface area contributed by atoms with E-state index in [9.17, 15) is 0 Å². The van der Waals surface area contributed by atoms with Gasteiger partial charge in [0.2, 0.25) is 0 Å². The second kappa shape index (κ2) is 5.44. The van der Waals surface area contributed by atoms with Crippen molar-refractivity contribution < 1.29 is 4.74 Å². The third-order valence-corrected chi connectivity index (χ3v) is 4.11. The van der Waals surface area contributed by atoms with Crippen molar-refractivity contribution in [2.45, 2.75) is 32.7 Å². The van der Waals surface area contributed by atoms with E-state index in [2.05, 4.69) is 36.2 Å². The van der Waals surface area contributed by atoms with Gasteiger partial charge in [0.25, 0.3) is 0 Å². The van der Waals surface area contributed by atoms with Crippen LogP contribution in [0.5, 0.6) is 0 Å². The Morgan fingerprint density at radius 2 is 2.12 bits per heavy atom. The summed E-state index contributed by atoms with van der Waals surface area (Å²) >= 11 is 1.80. The van der Waals surface area contributed by atoms with E-state index in [-0.39, 0.29) is 5.41 Å². The topological polar surface area (TPSA) is 37.4 Å². The molecule has 4 nitrogen and oxygen atoms in total. The van der Waals surface area contributed by atoms with Gasteiger partial charge < -0.3 is 4.74 Å². The van der Waals surface area contributed by atoms with Crippen LogP contribution in [-0.4, -0.2) is 36.3 Å². The smallest absolute Gasteiger partial charge is 0.0981 e. The monoisotopic (exact) mass is 255 g/mol. The lowest BCUT2D eigenvalue weighted by Gasteiger charge is -2.26. The molecule has 0 aromatic carbocycles. The van der Waals surface area contributed by atoms with E-state index in [1.54, 1.807) is 11.3 Å². The standard InChI is InChI=1S/C12H21N3OS/c1-12(2,3)11-13-8-10(17-11)9-14-15-4-6-16-7-5-15/h8,14H,4-7,9H2,1-3H3. The maximum absolute atomic E-state index is 5.31. The fourth-order valence-electron chi connectivity index (χ4n) is 1.65. The van der Waals surface area contributed by atoms with Crippen molar-refractivity contribution in [2.24, 2.45) is 0 Å². The number of hydrogen-bond donors (Lipinski definition) is 1. The minimum absolute atomic E-state index is 0.155. The largest absolute Gasteiger partial charge is 0.379 e. The van der Waals surface area contributed by atoms with E-state index in [0.717, 1.165) is 32.8 Å². The molecule has 1 fully saturated rings. The Hall–Kier alpha value is -0.490. The first-order valence-electron chi connectivity index (χ1n) is 6.07. The second-order valence-corrected chi connectivity index (χ2v) is 6.43. The predicted molar refractivity (Wildman–Crippen MR) is 70.0 cm³/mol. The molecule has 0 unspecified atom stereocenters. The third kappa shape index (κ3) is 3.74. The van der Waals surface area contributed by atoms with Crippen LogP contribution in [0.3, 0.4) is 0 Å². The summed E-state index contributed by atoms with van der Waals surface area (Å²) in [5.41, 5.74) is 3.58. The van der Waals surface area contributed by atoms with Crippen LogP contribution in [0, 0.1) is 0 Å². The van der Waals surface area contributed by atoms with Crippen LogP contribution in [0.1, 0.15) is 30.7 Å². The van der Waals surface area contributed by atoms with Gasteiger partial charge in [-0.15, -0.1) is 11.3 Å². The summed E-state index contributed by atoms with van der Waals surface area (Å²) in [5.74, 6) is 0. The molecular formula is C12H21N3OS. The number of aromatic nitrogens is 1. The van der Waals surface area contributed by atoms with Gasteiger partial charge in [-0.1, -0.05) is 20.8 Å². The quantitative estimate of drug-likeness (QED) is 0.893. The van der Waals surface area contributed by atoms with Gasteiger partial charge in [-0.3, -0.25) is 0 Å². The third-order valence-electron chi connectivity index (χ3n) is 2.68. The molecule has 1 aliphatic heterocycles. The normalized spacial score (nSPS) is 18.5. The Bertz CT molecular complexity index is 353. The molecule has 96 valence electrons. The highest BCUT2D eigenvalue weighted by atomic mass is 32.1. The highest BCUT2D eigenvalue weighted by Gasteiger charge is 2.18. The van der Waals surface area contributed by atoms with E-state index in [1.807, 2.05) is 6.20 Å². The molecule has 0 saturated carbocycles. The molecule has 0 bridgehead atoms. The molecule has 17 heavy (non-hydrogen) atoms. The highest BCUT2D eigenvalue weighted by Crippen LogP contribution is 2.26. The molecule has 0 atom stereocenters. The SMILES string of the molecule is CC(C)(C)c1ncc(CNN2CCOCC2)s1. The van der Waals surface area contributed by atoms with Crippen molar-refractivity contribution in [1.82, 2.24) is 15.4 Å². The molecule has 1 N–H and O–H groups in total. The molecule has 0 radical (unpaired) electrons. The average molecular weight is 255 g/mol. The lowest BCUT2D eigenvalue weighted by Crippen LogP contribution is -2.45. The fraction of sp³-hybridized carbons (Fsp3) is 0.750. The van der Waals surface area contributed by atoms with Gasteiger partial charge in [0, 0.05) is 36.1 Å². The lowest BCUT2D eigenvalue weighted by atomic mass is 9.98. The Morgan fingerprint density at radius 3 is 2.71 bits per heavy atom. The molecule has 0 amide bonds. The number of morpholine rings is 1. The van der Waals surface area contributed by atoms with Crippen LogP contribution >= 0.6 is 11.3 Å². The minimum Gasteiger partial charge on any atom is -0.379 e. The van der Waals surface area contributed by atoms with Crippen molar-refractivity contribution in [3.63, 3.8) is 0 Å². The number of hydrogen-bond acceptors (Lipinski definition) is 5. The minimum atomic E-state index is 0.155. The van der Waals surface area contributed by atoms with E-state index in [0.29, 0.717) is 0 Å². The zero-order valence-electron chi connectivity index (χ0n) is 10.8. The molecule has 2 heterocycles. The van der Waals surface area contributed by atoms with E-state index in [1.165, 1.54) is 9.88 Å². The Labute approximate surface area is 107 Å². The van der Waals surface area contributed by atoms with Crippen LogP contribution in [-0.2, 0) is 16.7 Å². The number of nitrogens with one attached hydrogen (secondary N) is 1. The summed E-state index contributed by atoms with van der Waals surface area (Å²) in [7, 11) is 0. The van der Waals surface area contributed by atoms with E-state index in [4.69, 9.17) is 4.74 Å². The van der Waals surface area contributed by atoms with Gasteiger partial charge in [-0.25, -0.2) is 15.4 Å². The maximum Gasteiger partial charge on any atom is 0.0981 e. The summed E-state index contributed by atoms with van der Waals surface area (Å²) < 4.78 is 5.31. The Kier molecular flexibility index (Phi) is 4.14. The first kappa shape index (κ1) is 13.0. The number of rotatable bonds is 3. The average Bonchev–Trinajstić information content (AvgIpc) is 2.76. The predicted octanol–water partition coefficient (Wildman–Crippen LogP) is 1.78. The first-order valence-corrected chi connectivity index (χ1v) is 6.89. The lowest BCUT2D eigenvalue weighted by molar-refractivity contribution is 0.0107. The van der Waals surface area contributed by atoms with Crippen LogP contribution in [0.4, 0.5) is 0 Å². The number of ether oxygens (including phenoxy) is 1. The molecule has 5 heteroatoms. The molecule has 2 rings (SSSR count). The van der Waals surface area contributed by atoms with Crippen molar-refractivity contribution in [1.29, 1.82) is 0 Å². The molecule has 1 aromatic heterocycles. The van der Waals surface area contributed by atoms with Crippen molar-refractivity contribution >= 4 is 11.3 Å². The summed E-state index contributed by atoms with van der Waals surface area (Å²) in [4.78, 5) is 5.78. The first-order chi connectivity index (χ1) is 8.05. The maximum atomic E-state index is 5.31. The summed E-state index contributed by atoms with van der Waals surface area (Å²) in [6, 6.07) is 0. The molecule has 1 saturated heterocycles. The number of thiazole rings is 1. The molecule has 0 spiro atoms. The zero-order chi connectivity index (χ0) is 12.3. The summed E-state index contributed by atoms with van der Waals surface area (Å²) in [6.45, 7) is 11.0. The van der Waals surface area contributed by atoms with Crippen molar-refractivity contribution in [2.75, 3.05) is 26.3 Å². The van der Waals surface area contributed by atoms with Crippen LogP contribution < -0.4 is 5.43 Å². The van der Waals surface area contributed by atoms with Gasteiger partial charge in [-0.2, -0.15) is 0 Å². The van der Waals surface area contributed by atoms with E-state index >= 15 is 0 Å². The molecule has 1 aliphatic rings. The van der Waals surface area contributed by atoms with Gasteiger partial charge in [0.15, 0.2) is 0 Å². The summed E-state index contributed by atoms with van der Waals surface area (Å²) in [5, 5.41) is 3.43. The van der Waals surface area contributed by atoms with Gasteiger partial charge in [-0.05, 0) is 0 Å². The van der Waals surface area contributed by atoms with Crippen molar-refractivity contribution in [3.8, 4) is 0 Å². The second-order valence-electron chi connectivity index (χ2n) is 5.32. The highest BCUT2D eigenvalue weighted by molar-refractivity contribution is 7.11. The summed E-state index contributed by atoms with van der Waals surface area (Å²) in [6.07, 6.45) is 1.98. The van der Waals surface area contributed by atoms with Gasteiger partial charge >= 0.3 is 0 Å². The van der Waals surface area contributed by atoms with Crippen molar-refractivity contribution in [3.05, 3.63) is 16.1 Å². The van der Waals surface area contributed by atoms with Gasteiger partial charge in [0.05, 0.1) is 18.2 Å². The number of nitrogens with zero attached hydrogens (tertiary/aromatic N) is 2. The molecule has 0 aliphatic carbocycles. The van der Waals surface area contributed by atoms with Crippen LogP contribution in [0.2, 0.25) is 0 Å². The fourth-order valence-corrected chi connectivity index (χ4v) is 2.55. The number of hydrazine groups is 1. The van der Waals surface area contributed by atoms with E-state index < -0.39 is 0 Å². The molecular weight excluding hydrogens is 234 g/mol. The molecule has 1 aromatic rings. The van der Waals surface area contributed by atoms with Crippen LogP contribution in [0.25, 0.3) is 0 Å². The Balaban J connectivity index is 1.84. The Morgan fingerprint density at radius 1 is 1.41 bits per heavy atom.